The lowest BCUT2D eigenvalue weighted by atomic mass is 10.2. The van der Waals surface area contributed by atoms with Crippen LogP contribution in [0.4, 0.5) is 11.6 Å². The molecule has 0 fully saturated rings. The minimum Gasteiger partial charge on any atom is -0.322 e. The third-order valence-corrected chi connectivity index (χ3v) is 3.73. The largest absolute Gasteiger partial charge is 0.322 e. The number of aromatic nitrogens is 2. The molecule has 0 saturated heterocycles. The fraction of sp³-hybridized carbons (Fsp3) is 0.375. The van der Waals surface area contributed by atoms with E-state index in [0.29, 0.717) is 0 Å². The second kappa shape index (κ2) is 5.79. The smallest absolute Gasteiger partial charge is 0.230 e. The molecule has 2 aromatic rings. The van der Waals surface area contributed by atoms with Gasteiger partial charge in [0.2, 0.25) is 5.95 Å². The highest BCUT2D eigenvalue weighted by Crippen LogP contribution is 2.32. The van der Waals surface area contributed by atoms with Gasteiger partial charge in [0.05, 0.1) is 11.7 Å². The minimum absolute atomic E-state index is 0.0976. The number of hydrogen-bond donors (Lipinski definition) is 1. The molecule has 5 heteroatoms. The van der Waals surface area contributed by atoms with Crippen LogP contribution in [0.25, 0.3) is 0 Å². The van der Waals surface area contributed by atoms with E-state index in [-0.39, 0.29) is 6.04 Å². The van der Waals surface area contributed by atoms with E-state index in [2.05, 4.69) is 44.0 Å². The lowest BCUT2D eigenvalue weighted by Crippen LogP contribution is -2.27. The summed E-state index contributed by atoms with van der Waals surface area (Å²) in [7, 11) is 4.03. The second-order valence-corrected chi connectivity index (χ2v) is 5.68. The van der Waals surface area contributed by atoms with Crippen molar-refractivity contribution in [2.45, 2.75) is 12.5 Å². The maximum Gasteiger partial charge on any atom is 0.230 e. The zero-order chi connectivity index (χ0) is 14.8. The normalized spacial score (nSPS) is 15.3. The van der Waals surface area contributed by atoms with Gasteiger partial charge in [-0.05, 0) is 38.2 Å². The van der Waals surface area contributed by atoms with Crippen LogP contribution in [0.5, 0.6) is 0 Å². The van der Waals surface area contributed by atoms with Crippen LogP contribution in [0, 0.1) is 0 Å². The summed E-state index contributed by atoms with van der Waals surface area (Å²) in [5.74, 6) is 0.742. The summed E-state index contributed by atoms with van der Waals surface area (Å²) in [4.78, 5) is 13.3. The molecule has 1 aliphatic heterocycles. The van der Waals surface area contributed by atoms with Crippen LogP contribution in [-0.4, -0.2) is 42.1 Å². The zero-order valence-electron chi connectivity index (χ0n) is 12.5. The monoisotopic (exact) mass is 283 g/mol. The van der Waals surface area contributed by atoms with Crippen molar-refractivity contribution in [1.82, 2.24) is 14.9 Å². The Morgan fingerprint density at radius 3 is 2.90 bits per heavy atom. The van der Waals surface area contributed by atoms with E-state index in [4.69, 9.17) is 5.73 Å². The number of benzene rings is 1. The maximum absolute atomic E-state index is 6.21. The van der Waals surface area contributed by atoms with Crippen LogP contribution in [0.1, 0.15) is 17.3 Å². The molecule has 110 valence electrons. The molecule has 1 aromatic carbocycles. The summed E-state index contributed by atoms with van der Waals surface area (Å²) < 4.78 is 0. The van der Waals surface area contributed by atoms with Crippen molar-refractivity contribution in [2.24, 2.45) is 5.73 Å². The van der Waals surface area contributed by atoms with E-state index in [1.807, 2.05) is 20.2 Å². The van der Waals surface area contributed by atoms with Gasteiger partial charge in [0, 0.05) is 25.0 Å². The Morgan fingerprint density at radius 2 is 2.10 bits per heavy atom. The average molecular weight is 283 g/mol. The summed E-state index contributed by atoms with van der Waals surface area (Å²) >= 11 is 0. The third-order valence-electron chi connectivity index (χ3n) is 3.73. The van der Waals surface area contributed by atoms with Crippen molar-refractivity contribution >= 4 is 11.6 Å². The third kappa shape index (κ3) is 2.89. The highest BCUT2D eigenvalue weighted by molar-refractivity contribution is 5.65. The van der Waals surface area contributed by atoms with Crippen molar-refractivity contribution in [3.8, 4) is 0 Å². The fourth-order valence-electron chi connectivity index (χ4n) is 2.73. The van der Waals surface area contributed by atoms with Crippen LogP contribution in [0.2, 0.25) is 0 Å². The summed E-state index contributed by atoms with van der Waals surface area (Å²) in [6.45, 7) is 1.69. The Balaban J connectivity index is 1.87. The Kier molecular flexibility index (Phi) is 3.86. The van der Waals surface area contributed by atoms with Gasteiger partial charge in [0.25, 0.3) is 0 Å². The number of fused-ring (bicyclic) bond motifs is 1. The first kappa shape index (κ1) is 14.0. The van der Waals surface area contributed by atoms with E-state index in [1.54, 1.807) is 6.20 Å². The first-order valence-corrected chi connectivity index (χ1v) is 7.24. The predicted molar refractivity (Wildman–Crippen MR) is 84.7 cm³/mol. The molecule has 1 aromatic heterocycles. The molecular formula is C16H21N5. The van der Waals surface area contributed by atoms with Gasteiger partial charge in [-0.2, -0.15) is 0 Å². The van der Waals surface area contributed by atoms with E-state index < -0.39 is 0 Å². The van der Waals surface area contributed by atoms with Crippen molar-refractivity contribution in [3.05, 3.63) is 47.8 Å². The first-order chi connectivity index (χ1) is 10.1. The molecule has 5 nitrogen and oxygen atoms in total. The first-order valence-electron chi connectivity index (χ1n) is 7.24. The quantitative estimate of drug-likeness (QED) is 0.926. The van der Waals surface area contributed by atoms with E-state index in [1.165, 1.54) is 11.3 Å². The number of hydrogen-bond acceptors (Lipinski definition) is 5. The number of likely N-dealkylation sites (N-methyl/N-ethyl adjacent to an activating group) is 1. The van der Waals surface area contributed by atoms with Crippen LogP contribution >= 0.6 is 0 Å². The lowest BCUT2D eigenvalue weighted by molar-refractivity contribution is 0.373. The average Bonchev–Trinajstić information content (AvgIpc) is 2.90. The summed E-state index contributed by atoms with van der Waals surface area (Å²) in [6, 6.07) is 10.2. The number of anilines is 2. The highest BCUT2D eigenvalue weighted by Gasteiger charge is 2.22. The molecule has 21 heavy (non-hydrogen) atoms. The van der Waals surface area contributed by atoms with Crippen LogP contribution in [0.15, 0.2) is 36.5 Å². The van der Waals surface area contributed by atoms with Gasteiger partial charge in [-0.1, -0.05) is 18.2 Å². The van der Waals surface area contributed by atoms with Crippen molar-refractivity contribution in [2.75, 3.05) is 32.1 Å². The molecule has 0 spiro atoms. The second-order valence-electron chi connectivity index (χ2n) is 5.68. The Morgan fingerprint density at radius 1 is 1.29 bits per heavy atom. The molecule has 0 aliphatic carbocycles. The zero-order valence-corrected chi connectivity index (χ0v) is 12.5. The molecule has 2 N–H and O–H groups in total. The minimum atomic E-state index is -0.0976. The molecule has 0 amide bonds. The lowest BCUT2D eigenvalue weighted by Gasteiger charge is -2.20. The SMILES string of the molecule is CN(C)CC(N)c1ccnc(N2CCc3ccccc32)n1. The molecule has 3 rings (SSSR count). The van der Waals surface area contributed by atoms with Crippen molar-refractivity contribution in [3.63, 3.8) is 0 Å². The van der Waals surface area contributed by atoms with E-state index in [0.717, 1.165) is 31.2 Å². The molecule has 0 radical (unpaired) electrons. The maximum atomic E-state index is 6.21. The van der Waals surface area contributed by atoms with Gasteiger partial charge in [0.1, 0.15) is 0 Å². The van der Waals surface area contributed by atoms with Gasteiger partial charge >= 0.3 is 0 Å². The number of para-hydroxylation sites is 1. The molecule has 1 atom stereocenters. The van der Waals surface area contributed by atoms with Crippen molar-refractivity contribution < 1.29 is 0 Å². The van der Waals surface area contributed by atoms with Gasteiger partial charge in [-0.3, -0.25) is 0 Å². The molecule has 1 unspecified atom stereocenters. The van der Waals surface area contributed by atoms with E-state index in [9.17, 15) is 0 Å². The van der Waals surface area contributed by atoms with E-state index >= 15 is 0 Å². The number of nitrogens with zero attached hydrogens (tertiary/aromatic N) is 4. The number of rotatable bonds is 4. The van der Waals surface area contributed by atoms with Gasteiger partial charge in [-0.15, -0.1) is 0 Å². The Bertz CT molecular complexity index is 626. The molecule has 2 heterocycles. The molecule has 0 saturated carbocycles. The van der Waals surface area contributed by atoms with Gasteiger partial charge < -0.3 is 15.5 Å². The fourth-order valence-corrected chi connectivity index (χ4v) is 2.73. The van der Waals surface area contributed by atoms with Crippen molar-refractivity contribution in [1.29, 1.82) is 0 Å². The predicted octanol–water partition coefficient (Wildman–Crippen LogP) is 1.73. The standard InChI is InChI=1S/C16H21N5/c1-20(2)11-13(17)14-7-9-18-16(19-14)21-10-8-12-5-3-4-6-15(12)21/h3-7,9,13H,8,10-11,17H2,1-2H3. The summed E-state index contributed by atoms with van der Waals surface area (Å²) in [5, 5.41) is 0. The highest BCUT2D eigenvalue weighted by atomic mass is 15.3. The molecular weight excluding hydrogens is 262 g/mol. The summed E-state index contributed by atoms with van der Waals surface area (Å²) in [5.41, 5.74) is 9.65. The number of nitrogens with two attached hydrogens (primary N) is 1. The van der Waals surface area contributed by atoms with Crippen LogP contribution in [0.3, 0.4) is 0 Å². The topological polar surface area (TPSA) is 58.3 Å². The van der Waals surface area contributed by atoms with Gasteiger partial charge in [0.15, 0.2) is 0 Å². The molecule has 1 aliphatic rings. The Labute approximate surface area is 125 Å². The Hall–Kier alpha value is -1.98. The molecule has 0 bridgehead atoms. The van der Waals surface area contributed by atoms with Gasteiger partial charge in [-0.25, -0.2) is 9.97 Å². The van der Waals surface area contributed by atoms with Crippen LogP contribution < -0.4 is 10.6 Å². The summed E-state index contributed by atoms with van der Waals surface area (Å²) in [6.07, 6.45) is 2.83. The van der Waals surface area contributed by atoms with Crippen LogP contribution in [-0.2, 0) is 6.42 Å².